The number of aliphatic hydroxyl groups is 8. The molecule has 3 saturated heterocycles. The van der Waals surface area contributed by atoms with E-state index in [2.05, 4.69) is 27.7 Å². The topological polar surface area (TPSA) is 309 Å². The van der Waals surface area contributed by atoms with Gasteiger partial charge in [-0.05, 0) is 117 Å². The quantitative estimate of drug-likeness (QED) is 0.144. The molecule has 0 amide bonds. The van der Waals surface area contributed by atoms with Crippen LogP contribution in [0.1, 0.15) is 113 Å². The first kappa shape index (κ1) is 51.2. The zero-order chi connectivity index (χ0) is 49.3. The van der Waals surface area contributed by atoms with Crippen molar-refractivity contribution in [3.63, 3.8) is 0 Å². The van der Waals surface area contributed by atoms with Crippen LogP contribution in [0.15, 0.2) is 11.6 Å². The second-order valence-electron chi connectivity index (χ2n) is 23.4. The zero-order valence-electron chi connectivity index (χ0n) is 39.8. The minimum atomic E-state index is -2.05. The molecule has 0 aromatic rings. The van der Waals surface area contributed by atoms with Crippen molar-refractivity contribution in [3.8, 4) is 0 Å². The molecule has 0 unspecified atom stereocenters. The molecule has 0 aromatic carbocycles. The largest absolute Gasteiger partial charge is 0.481 e. The molecule has 3 aliphatic heterocycles. The van der Waals surface area contributed by atoms with E-state index in [0.29, 0.717) is 32.1 Å². The molecule has 8 aliphatic rings. The Balaban J connectivity index is 1.03. The maximum absolute atomic E-state index is 15.0. The summed E-state index contributed by atoms with van der Waals surface area (Å²) < 4.78 is 35.5. The summed E-state index contributed by atoms with van der Waals surface area (Å²) in [6, 6.07) is 0. The summed E-state index contributed by atoms with van der Waals surface area (Å²) >= 11 is 0. The summed E-state index contributed by atoms with van der Waals surface area (Å²) in [6.07, 6.45) is -18.4. The normalized spacial score (nSPS) is 54.1. The monoisotopic (exact) mass is 954 g/mol. The molecule has 5 aliphatic carbocycles. The van der Waals surface area contributed by atoms with E-state index in [1.54, 1.807) is 0 Å². The maximum Gasteiger partial charge on any atom is 0.335 e. The lowest BCUT2D eigenvalue weighted by molar-refractivity contribution is -0.378. The molecule has 24 atom stereocenters. The summed E-state index contributed by atoms with van der Waals surface area (Å²) in [5.41, 5.74) is -1.89. The first-order chi connectivity index (χ1) is 31.1. The molecule has 19 nitrogen and oxygen atoms in total. The average Bonchev–Trinajstić information content (AvgIpc) is 3.25. The van der Waals surface area contributed by atoms with Crippen molar-refractivity contribution < 1.29 is 93.9 Å². The highest BCUT2D eigenvalue weighted by molar-refractivity contribution is 5.95. The molecule has 10 N–H and O–H groups in total. The molecule has 4 saturated carbocycles. The van der Waals surface area contributed by atoms with Crippen molar-refractivity contribution in [2.45, 2.75) is 211 Å². The Hall–Kier alpha value is -2.21. The van der Waals surface area contributed by atoms with Crippen LogP contribution in [0.4, 0.5) is 0 Å². The van der Waals surface area contributed by atoms with Crippen molar-refractivity contribution in [1.82, 2.24) is 0 Å². The first-order valence-electron chi connectivity index (χ1n) is 24.1. The maximum atomic E-state index is 15.0. The summed E-state index contributed by atoms with van der Waals surface area (Å²) in [6.45, 7) is 15.7. The lowest BCUT2D eigenvalue weighted by Gasteiger charge is -2.70. The number of fused-ring (bicyclic) bond motifs is 7. The number of allylic oxidation sites excluding steroid dienone is 2. The summed E-state index contributed by atoms with van der Waals surface area (Å²) in [5.74, 6) is -2.83. The Labute approximate surface area is 390 Å². The van der Waals surface area contributed by atoms with Crippen LogP contribution in [0.2, 0.25) is 0 Å². The fourth-order valence-electron chi connectivity index (χ4n) is 14.7. The third kappa shape index (κ3) is 7.97. The molecule has 7 fully saturated rings. The van der Waals surface area contributed by atoms with Gasteiger partial charge in [-0.1, -0.05) is 47.1 Å². The second kappa shape index (κ2) is 17.5. The Kier molecular flexibility index (Phi) is 13.4. The predicted octanol–water partition coefficient (Wildman–Crippen LogP) is 1.01. The lowest BCUT2D eigenvalue weighted by atomic mass is 9.33. The van der Waals surface area contributed by atoms with Gasteiger partial charge in [0.1, 0.15) is 61.0 Å². The lowest BCUT2D eigenvalue weighted by Crippen LogP contribution is -2.68. The van der Waals surface area contributed by atoms with E-state index < -0.39 is 138 Å². The molecular formula is C48H74O19. The molecule has 8 rings (SSSR count). The molecule has 67 heavy (non-hydrogen) atoms. The Morgan fingerprint density at radius 3 is 1.99 bits per heavy atom. The molecule has 0 spiro atoms. The van der Waals surface area contributed by atoms with Gasteiger partial charge in [-0.3, -0.25) is 9.59 Å². The number of carbonyl (C=O) groups is 3. The summed E-state index contributed by atoms with van der Waals surface area (Å²) in [5, 5.41) is 106. The first-order valence-corrected chi connectivity index (χ1v) is 24.1. The number of aliphatic carboxylic acids is 2. The molecule has 0 bridgehead atoms. The van der Waals surface area contributed by atoms with Crippen LogP contribution in [-0.2, 0) is 42.8 Å². The smallest absolute Gasteiger partial charge is 0.335 e. The van der Waals surface area contributed by atoms with E-state index in [9.17, 15) is 65.4 Å². The molecular weight excluding hydrogens is 881 g/mol. The fourth-order valence-corrected chi connectivity index (χ4v) is 14.7. The molecule has 19 heteroatoms. The van der Waals surface area contributed by atoms with E-state index in [-0.39, 0.29) is 34.4 Å². The number of rotatable bonds is 9. The SMILES string of the molecule is C[C@@H]1O[C@@H](OC[C@H]2O[C@@H](O[C@H]3[C@@H](O[C@H]4CC[C@]5(C)[C@H]6C(=O)C=C7[C@@H]8C[C@@](C)(C(=O)O)CC[C@]8(C)CC[C@@]7(C)[C@]6(C)CC[C@H]5C4(C)C)O[C@H](C(=O)O)[C@@H](O)[C@@H]3O)[C@H](O)[C@@H](O)[C@@H]2O)[C@H](O)[C@H](O)[C@H]1O. The van der Waals surface area contributed by atoms with Gasteiger partial charge < -0.3 is 79.5 Å². The second-order valence-corrected chi connectivity index (χ2v) is 23.4. The number of carbonyl (C=O) groups excluding carboxylic acids is 1. The Morgan fingerprint density at radius 2 is 1.33 bits per heavy atom. The Bertz CT molecular complexity index is 1950. The number of carboxylic acids is 2. The third-order valence-electron chi connectivity index (χ3n) is 19.3. The highest BCUT2D eigenvalue weighted by Gasteiger charge is 2.71. The average molecular weight is 955 g/mol. The summed E-state index contributed by atoms with van der Waals surface area (Å²) in [7, 11) is 0. The van der Waals surface area contributed by atoms with E-state index in [0.717, 1.165) is 31.3 Å². The highest BCUT2D eigenvalue weighted by Crippen LogP contribution is 2.75. The van der Waals surface area contributed by atoms with Crippen LogP contribution in [0.5, 0.6) is 0 Å². The van der Waals surface area contributed by atoms with Gasteiger partial charge in [-0.25, -0.2) is 4.79 Å². The van der Waals surface area contributed by atoms with Gasteiger partial charge >= 0.3 is 11.9 Å². The minimum Gasteiger partial charge on any atom is -0.481 e. The van der Waals surface area contributed by atoms with E-state index >= 15 is 0 Å². The van der Waals surface area contributed by atoms with Gasteiger partial charge in [0.25, 0.3) is 0 Å². The van der Waals surface area contributed by atoms with Crippen molar-refractivity contribution in [3.05, 3.63) is 11.6 Å². The standard InChI is InChI=1S/C48H74O19/c1-20-27(50)29(52)33(56)39(63-20)62-19-24-28(51)30(53)34(57)40(64-24)67-36-32(55)31(54)35(38(58)59)66-41(36)65-26-10-11-46(6)25(43(26,2)3)9-12-48(8)37(46)23(49)17-21-22-18-45(5,42(60)61)14-13-44(22,4)15-16-47(21,48)7/h17,20,22,24-37,39-41,50-57H,9-16,18-19H2,1-8H3,(H,58,59)(H,60,61)/t20-,22-,24+,25-,26-,27-,28+,29+,30-,31-,32-,33+,34+,35-,36+,37+,39+,40-,41-,44+,45-,46-,47+,48+/m0/s1. The van der Waals surface area contributed by atoms with Crippen LogP contribution < -0.4 is 0 Å². The third-order valence-corrected chi connectivity index (χ3v) is 19.3. The van der Waals surface area contributed by atoms with E-state index in [1.807, 2.05) is 26.8 Å². The number of hydrogen-bond donors (Lipinski definition) is 10. The highest BCUT2D eigenvalue weighted by atomic mass is 16.8. The number of ether oxygens (including phenoxy) is 6. The fraction of sp³-hybridized carbons (Fsp3) is 0.896. The molecule has 0 aromatic heterocycles. The number of hydrogen-bond acceptors (Lipinski definition) is 17. The van der Waals surface area contributed by atoms with Gasteiger partial charge in [0, 0.05) is 5.92 Å². The predicted molar refractivity (Wildman–Crippen MR) is 230 cm³/mol. The van der Waals surface area contributed by atoms with Gasteiger partial charge in [-0.15, -0.1) is 0 Å². The van der Waals surface area contributed by atoms with Crippen molar-refractivity contribution in [1.29, 1.82) is 0 Å². The van der Waals surface area contributed by atoms with Crippen LogP contribution in [0, 0.1) is 50.2 Å². The van der Waals surface area contributed by atoms with Crippen LogP contribution in [0.3, 0.4) is 0 Å². The van der Waals surface area contributed by atoms with Crippen molar-refractivity contribution >= 4 is 17.7 Å². The minimum absolute atomic E-state index is 0.0318. The van der Waals surface area contributed by atoms with Gasteiger partial charge in [0.05, 0.1) is 24.2 Å². The van der Waals surface area contributed by atoms with Crippen molar-refractivity contribution in [2.24, 2.45) is 50.2 Å². The number of carboxylic acid groups (broad SMARTS) is 2. The van der Waals surface area contributed by atoms with Gasteiger partial charge in [0.2, 0.25) is 0 Å². The molecule has 380 valence electrons. The van der Waals surface area contributed by atoms with E-state index in [1.165, 1.54) is 6.92 Å². The molecule has 3 heterocycles. The van der Waals surface area contributed by atoms with Gasteiger partial charge in [-0.2, -0.15) is 0 Å². The Morgan fingerprint density at radius 1 is 0.687 bits per heavy atom. The van der Waals surface area contributed by atoms with Crippen LogP contribution in [-0.4, -0.2) is 174 Å². The number of aliphatic hydroxyl groups excluding tert-OH is 8. The summed E-state index contributed by atoms with van der Waals surface area (Å²) in [4.78, 5) is 39.9. The molecule has 0 radical (unpaired) electrons. The zero-order valence-corrected chi connectivity index (χ0v) is 39.8. The van der Waals surface area contributed by atoms with Crippen LogP contribution >= 0.6 is 0 Å². The van der Waals surface area contributed by atoms with Crippen molar-refractivity contribution in [2.75, 3.05) is 6.61 Å². The van der Waals surface area contributed by atoms with Gasteiger partial charge in [0.15, 0.2) is 30.8 Å². The van der Waals surface area contributed by atoms with Crippen LogP contribution in [0.25, 0.3) is 0 Å². The van der Waals surface area contributed by atoms with E-state index in [4.69, 9.17) is 28.4 Å². The number of ketones is 1.